The monoisotopic (exact) mass is 242 g/mol. The molecular weight excluding hydrogens is 224 g/mol. The number of rotatable bonds is 4. The van der Waals surface area contributed by atoms with Crippen LogP contribution in [-0.4, -0.2) is 12.5 Å². The third-order valence-electron chi connectivity index (χ3n) is 3.48. The first kappa shape index (κ1) is 12.6. The van der Waals surface area contributed by atoms with Gasteiger partial charge in [0, 0.05) is 18.9 Å². The molecule has 18 heavy (non-hydrogen) atoms. The Hall–Kier alpha value is -1.82. The van der Waals surface area contributed by atoms with Crippen molar-refractivity contribution in [2.75, 3.05) is 6.54 Å². The molecule has 1 amide bonds. The molecule has 2 rings (SSSR count). The van der Waals surface area contributed by atoms with Crippen LogP contribution in [0.15, 0.2) is 24.3 Å². The predicted molar refractivity (Wildman–Crippen MR) is 69.8 cm³/mol. The number of hydrogen-bond acceptors (Lipinski definition) is 2. The van der Waals surface area contributed by atoms with Crippen molar-refractivity contribution in [2.45, 2.75) is 32.1 Å². The van der Waals surface area contributed by atoms with E-state index in [4.69, 9.17) is 5.26 Å². The van der Waals surface area contributed by atoms with Crippen molar-refractivity contribution in [3.8, 4) is 6.07 Å². The van der Waals surface area contributed by atoms with E-state index in [-0.39, 0.29) is 11.8 Å². The fourth-order valence-corrected chi connectivity index (χ4v) is 2.44. The lowest BCUT2D eigenvalue weighted by atomic mass is 9.83. The molecule has 0 fully saturated rings. The van der Waals surface area contributed by atoms with E-state index in [1.807, 2.05) is 6.07 Å². The minimum Gasteiger partial charge on any atom is -0.356 e. The van der Waals surface area contributed by atoms with E-state index >= 15 is 0 Å². The van der Waals surface area contributed by atoms with Gasteiger partial charge in [0.05, 0.1) is 6.07 Å². The number of nitriles is 1. The molecule has 1 aliphatic carbocycles. The molecule has 3 nitrogen and oxygen atoms in total. The minimum absolute atomic E-state index is 0.0991. The summed E-state index contributed by atoms with van der Waals surface area (Å²) in [7, 11) is 0. The zero-order valence-electron chi connectivity index (χ0n) is 10.5. The van der Waals surface area contributed by atoms with Gasteiger partial charge in [-0.1, -0.05) is 24.3 Å². The van der Waals surface area contributed by atoms with Gasteiger partial charge in [-0.3, -0.25) is 4.79 Å². The Morgan fingerprint density at radius 1 is 1.39 bits per heavy atom. The molecule has 1 N–H and O–H groups in total. The van der Waals surface area contributed by atoms with Crippen LogP contribution in [0, 0.1) is 17.2 Å². The van der Waals surface area contributed by atoms with E-state index in [0.29, 0.717) is 13.0 Å². The summed E-state index contributed by atoms with van der Waals surface area (Å²) >= 11 is 0. The number of benzene rings is 1. The first-order valence-electron chi connectivity index (χ1n) is 6.52. The third kappa shape index (κ3) is 3.10. The van der Waals surface area contributed by atoms with Crippen molar-refractivity contribution in [2.24, 2.45) is 5.92 Å². The molecule has 3 heteroatoms. The van der Waals surface area contributed by atoms with Gasteiger partial charge in [0.2, 0.25) is 5.91 Å². The molecule has 0 aromatic heterocycles. The van der Waals surface area contributed by atoms with Crippen LogP contribution in [0.2, 0.25) is 0 Å². The smallest absolute Gasteiger partial charge is 0.223 e. The summed E-state index contributed by atoms with van der Waals surface area (Å²) in [6.45, 7) is 0.616. The summed E-state index contributed by atoms with van der Waals surface area (Å²) in [5, 5.41) is 11.4. The van der Waals surface area contributed by atoms with Gasteiger partial charge in [-0.05, 0) is 36.8 Å². The first-order valence-corrected chi connectivity index (χ1v) is 6.52. The van der Waals surface area contributed by atoms with Crippen LogP contribution in [0.3, 0.4) is 0 Å². The first-order chi connectivity index (χ1) is 8.81. The molecule has 1 aliphatic rings. The van der Waals surface area contributed by atoms with E-state index in [9.17, 15) is 4.79 Å². The summed E-state index contributed by atoms with van der Waals surface area (Å²) in [6.07, 6.45) is 4.02. The van der Waals surface area contributed by atoms with Gasteiger partial charge < -0.3 is 5.32 Å². The van der Waals surface area contributed by atoms with Crippen molar-refractivity contribution in [3.63, 3.8) is 0 Å². The zero-order valence-corrected chi connectivity index (χ0v) is 10.5. The quantitative estimate of drug-likeness (QED) is 0.823. The Labute approximate surface area is 108 Å². The Bertz CT molecular complexity index is 462. The number of hydrogen-bond donors (Lipinski definition) is 1. The second kappa shape index (κ2) is 6.20. The van der Waals surface area contributed by atoms with Crippen LogP contribution in [0.5, 0.6) is 0 Å². The molecule has 94 valence electrons. The van der Waals surface area contributed by atoms with Crippen LogP contribution in [0.1, 0.15) is 30.4 Å². The molecule has 0 bridgehead atoms. The molecule has 0 saturated heterocycles. The molecule has 1 aromatic rings. The van der Waals surface area contributed by atoms with E-state index < -0.39 is 0 Å². The Balaban J connectivity index is 1.85. The summed E-state index contributed by atoms with van der Waals surface area (Å²) < 4.78 is 0. The van der Waals surface area contributed by atoms with Crippen LogP contribution in [0.25, 0.3) is 0 Å². The minimum atomic E-state index is 0.0991. The lowest BCUT2D eigenvalue weighted by molar-refractivity contribution is -0.125. The highest BCUT2D eigenvalue weighted by Crippen LogP contribution is 2.25. The summed E-state index contributed by atoms with van der Waals surface area (Å²) in [4.78, 5) is 12.0. The molecular formula is C15H18N2O. The maximum atomic E-state index is 12.0. The predicted octanol–water partition coefficient (Wildman–Crippen LogP) is 2.21. The van der Waals surface area contributed by atoms with Crippen molar-refractivity contribution in [1.82, 2.24) is 5.32 Å². The number of carbonyl (C=O) groups is 1. The zero-order chi connectivity index (χ0) is 12.8. The van der Waals surface area contributed by atoms with Gasteiger partial charge in [0.25, 0.3) is 0 Å². The van der Waals surface area contributed by atoms with Crippen LogP contribution >= 0.6 is 0 Å². The molecule has 1 unspecified atom stereocenters. The number of unbranched alkanes of at least 4 members (excludes halogenated alkanes) is 1. The van der Waals surface area contributed by atoms with Crippen LogP contribution < -0.4 is 5.32 Å². The van der Waals surface area contributed by atoms with E-state index in [1.165, 1.54) is 11.1 Å². The topological polar surface area (TPSA) is 52.9 Å². The lowest BCUT2D eigenvalue weighted by Crippen LogP contribution is -2.34. The summed E-state index contributed by atoms with van der Waals surface area (Å²) in [5.41, 5.74) is 2.69. The molecule has 1 atom stereocenters. The molecule has 0 aliphatic heterocycles. The Morgan fingerprint density at radius 3 is 2.94 bits per heavy atom. The second-order valence-electron chi connectivity index (χ2n) is 4.76. The number of aryl methyl sites for hydroxylation is 1. The molecule has 1 aromatic carbocycles. The number of nitrogens with zero attached hydrogens (tertiary/aromatic N) is 1. The average molecular weight is 242 g/mol. The molecule has 0 heterocycles. The van der Waals surface area contributed by atoms with Gasteiger partial charge >= 0.3 is 0 Å². The van der Waals surface area contributed by atoms with Gasteiger partial charge in [-0.15, -0.1) is 0 Å². The second-order valence-corrected chi connectivity index (χ2v) is 4.76. The number of carbonyl (C=O) groups excluding carboxylic acids is 1. The van der Waals surface area contributed by atoms with Crippen molar-refractivity contribution in [1.29, 1.82) is 5.26 Å². The normalized spacial score (nSPS) is 17.6. The van der Waals surface area contributed by atoms with E-state index in [0.717, 1.165) is 25.7 Å². The molecule has 0 radical (unpaired) electrons. The van der Waals surface area contributed by atoms with Crippen LogP contribution in [0.4, 0.5) is 0 Å². The lowest BCUT2D eigenvalue weighted by Gasteiger charge is -2.23. The number of fused-ring (bicyclic) bond motifs is 1. The van der Waals surface area contributed by atoms with Gasteiger partial charge in [-0.2, -0.15) is 5.26 Å². The fourth-order valence-electron chi connectivity index (χ4n) is 2.44. The Kier molecular flexibility index (Phi) is 4.35. The standard InChI is InChI=1S/C15H18N2O/c16-9-3-4-10-17-15(18)14-8-7-12-5-1-2-6-13(12)11-14/h1-2,5-6,14H,3-4,7-8,10-11H2,(H,17,18). The highest BCUT2D eigenvalue weighted by molar-refractivity contribution is 5.79. The maximum Gasteiger partial charge on any atom is 0.223 e. The van der Waals surface area contributed by atoms with Crippen LogP contribution in [-0.2, 0) is 17.6 Å². The highest BCUT2D eigenvalue weighted by Gasteiger charge is 2.23. The molecule has 0 spiro atoms. The van der Waals surface area contributed by atoms with Gasteiger partial charge in [-0.25, -0.2) is 0 Å². The summed E-state index contributed by atoms with van der Waals surface area (Å²) in [6, 6.07) is 10.4. The third-order valence-corrected chi connectivity index (χ3v) is 3.48. The SMILES string of the molecule is N#CCCCNC(=O)C1CCc2ccccc2C1. The van der Waals surface area contributed by atoms with E-state index in [2.05, 4.69) is 29.6 Å². The van der Waals surface area contributed by atoms with Crippen molar-refractivity contribution >= 4 is 5.91 Å². The van der Waals surface area contributed by atoms with Gasteiger partial charge in [0.15, 0.2) is 0 Å². The van der Waals surface area contributed by atoms with Gasteiger partial charge in [0.1, 0.15) is 0 Å². The number of amides is 1. The maximum absolute atomic E-state index is 12.0. The van der Waals surface area contributed by atoms with E-state index in [1.54, 1.807) is 0 Å². The molecule has 0 saturated carbocycles. The number of nitrogens with one attached hydrogen (secondary N) is 1. The average Bonchev–Trinajstić information content (AvgIpc) is 2.43. The van der Waals surface area contributed by atoms with Crippen molar-refractivity contribution in [3.05, 3.63) is 35.4 Å². The van der Waals surface area contributed by atoms with Crippen molar-refractivity contribution < 1.29 is 4.79 Å². The summed E-state index contributed by atoms with van der Waals surface area (Å²) in [5.74, 6) is 0.240. The highest BCUT2D eigenvalue weighted by atomic mass is 16.1. The largest absolute Gasteiger partial charge is 0.356 e. The fraction of sp³-hybridized carbons (Fsp3) is 0.467. The Morgan fingerprint density at radius 2 is 2.17 bits per heavy atom.